The molecule has 0 amide bonds. The van der Waals surface area contributed by atoms with Gasteiger partial charge in [0.1, 0.15) is 0 Å². The van der Waals surface area contributed by atoms with E-state index in [-0.39, 0.29) is 15.0 Å². The van der Waals surface area contributed by atoms with Crippen molar-refractivity contribution >= 4 is 26.0 Å². The third-order valence-corrected chi connectivity index (χ3v) is 2.22. The minimum absolute atomic E-state index is 0.0974. The number of aromatic nitrogens is 2. The van der Waals surface area contributed by atoms with Crippen molar-refractivity contribution in [3.8, 4) is 0 Å². The Bertz CT molecular complexity index is 285. The quantitative estimate of drug-likeness (QED) is 0.554. The number of rotatable bonds is 0. The van der Waals surface area contributed by atoms with Gasteiger partial charge in [0, 0.05) is 0 Å². The SMILES string of the molecule is [c]1cccc2n[se]nc12. The van der Waals surface area contributed by atoms with E-state index in [9.17, 15) is 0 Å². The van der Waals surface area contributed by atoms with Crippen LogP contribution in [-0.4, -0.2) is 22.9 Å². The zero-order valence-corrected chi connectivity index (χ0v) is 6.25. The molecule has 0 N–H and O–H groups in total. The van der Waals surface area contributed by atoms with E-state index in [1.165, 1.54) is 0 Å². The van der Waals surface area contributed by atoms with Gasteiger partial charge in [0.25, 0.3) is 0 Å². The van der Waals surface area contributed by atoms with E-state index < -0.39 is 0 Å². The Hall–Kier alpha value is -0.661. The van der Waals surface area contributed by atoms with E-state index in [4.69, 9.17) is 0 Å². The Kier molecular flexibility index (Phi) is 1.11. The standard InChI is InChI=1S/C6H3N2Se/c1-2-4-6-5(3-1)7-9-8-6/h1-3H. The molecule has 1 radical (unpaired) electrons. The molecule has 2 aromatic rings. The summed E-state index contributed by atoms with van der Waals surface area (Å²) in [6.45, 7) is 0. The second-order valence-corrected chi connectivity index (χ2v) is 2.78. The summed E-state index contributed by atoms with van der Waals surface area (Å²) in [5, 5.41) is 0. The first-order valence-corrected chi connectivity index (χ1v) is 4.09. The molecule has 0 aliphatic heterocycles. The molecule has 0 saturated carbocycles. The van der Waals surface area contributed by atoms with Crippen LogP contribution in [0.5, 0.6) is 0 Å². The first kappa shape index (κ1) is 5.15. The van der Waals surface area contributed by atoms with Crippen LogP contribution in [-0.2, 0) is 0 Å². The molecule has 0 spiro atoms. The summed E-state index contributed by atoms with van der Waals surface area (Å²) in [5.41, 5.74) is 1.93. The predicted molar refractivity (Wildman–Crippen MR) is 35.3 cm³/mol. The Morgan fingerprint density at radius 1 is 1.44 bits per heavy atom. The average Bonchev–Trinajstić information content (AvgIpc) is 2.33. The van der Waals surface area contributed by atoms with Crippen molar-refractivity contribution in [3.05, 3.63) is 24.3 Å². The molecule has 0 atom stereocenters. The van der Waals surface area contributed by atoms with Crippen LogP contribution in [0.15, 0.2) is 18.2 Å². The molecule has 0 saturated heterocycles. The fraction of sp³-hybridized carbons (Fsp3) is 0. The number of fused-ring (bicyclic) bond motifs is 1. The van der Waals surface area contributed by atoms with Crippen molar-refractivity contribution in [1.29, 1.82) is 0 Å². The molecule has 0 aliphatic rings. The first-order valence-electron chi connectivity index (χ1n) is 2.56. The maximum atomic E-state index is 4.16. The number of hydrogen-bond acceptors (Lipinski definition) is 2. The molecule has 3 heteroatoms. The Morgan fingerprint density at radius 3 is 3.33 bits per heavy atom. The van der Waals surface area contributed by atoms with E-state index in [0.29, 0.717) is 0 Å². The molecular weight excluding hydrogens is 179 g/mol. The van der Waals surface area contributed by atoms with Gasteiger partial charge in [-0.15, -0.1) is 0 Å². The van der Waals surface area contributed by atoms with Gasteiger partial charge in [-0.25, -0.2) is 0 Å². The summed E-state index contributed by atoms with van der Waals surface area (Å²) >= 11 is 0.0974. The number of nitrogens with zero attached hydrogens (tertiary/aromatic N) is 2. The van der Waals surface area contributed by atoms with Crippen molar-refractivity contribution in [2.24, 2.45) is 0 Å². The van der Waals surface area contributed by atoms with Crippen LogP contribution in [0.2, 0.25) is 0 Å². The predicted octanol–water partition coefficient (Wildman–Crippen LogP) is 0.487. The van der Waals surface area contributed by atoms with Crippen LogP contribution in [0.3, 0.4) is 0 Å². The zero-order chi connectivity index (χ0) is 6.10. The molecule has 1 aromatic heterocycles. The van der Waals surface area contributed by atoms with Gasteiger partial charge in [0.15, 0.2) is 0 Å². The topological polar surface area (TPSA) is 25.8 Å². The maximum absolute atomic E-state index is 4.16. The monoisotopic (exact) mass is 183 g/mol. The van der Waals surface area contributed by atoms with Crippen LogP contribution in [0.25, 0.3) is 11.0 Å². The van der Waals surface area contributed by atoms with E-state index in [0.717, 1.165) is 11.0 Å². The number of benzene rings is 1. The molecule has 0 fully saturated rings. The molecule has 1 aromatic carbocycles. The summed E-state index contributed by atoms with van der Waals surface area (Å²) in [5.74, 6) is 0. The van der Waals surface area contributed by atoms with Crippen LogP contribution >= 0.6 is 0 Å². The molecule has 0 aliphatic carbocycles. The van der Waals surface area contributed by atoms with Crippen LogP contribution < -0.4 is 0 Å². The number of hydrogen-bond donors (Lipinski definition) is 0. The zero-order valence-electron chi connectivity index (χ0n) is 4.53. The fourth-order valence-electron chi connectivity index (χ4n) is 0.671. The van der Waals surface area contributed by atoms with Gasteiger partial charge in [-0.3, -0.25) is 0 Å². The van der Waals surface area contributed by atoms with Crippen molar-refractivity contribution in [2.75, 3.05) is 0 Å². The van der Waals surface area contributed by atoms with Crippen molar-refractivity contribution in [2.45, 2.75) is 0 Å². The molecule has 43 valence electrons. The molecule has 1 heterocycles. The Labute approximate surface area is 58.7 Å². The second-order valence-electron chi connectivity index (χ2n) is 1.67. The fourth-order valence-corrected chi connectivity index (χ4v) is 1.73. The first-order chi connectivity index (χ1) is 4.47. The van der Waals surface area contributed by atoms with Gasteiger partial charge in [0.05, 0.1) is 0 Å². The molecule has 2 nitrogen and oxygen atoms in total. The van der Waals surface area contributed by atoms with Gasteiger partial charge >= 0.3 is 58.2 Å². The Morgan fingerprint density at radius 2 is 2.44 bits per heavy atom. The van der Waals surface area contributed by atoms with E-state index in [2.05, 4.69) is 14.0 Å². The molecule has 9 heavy (non-hydrogen) atoms. The van der Waals surface area contributed by atoms with Crippen LogP contribution in [0.4, 0.5) is 0 Å². The van der Waals surface area contributed by atoms with Crippen molar-refractivity contribution < 1.29 is 0 Å². The van der Waals surface area contributed by atoms with Crippen LogP contribution in [0.1, 0.15) is 0 Å². The average molecular weight is 182 g/mol. The summed E-state index contributed by atoms with van der Waals surface area (Å²) in [4.78, 5) is 0. The van der Waals surface area contributed by atoms with Gasteiger partial charge in [0.2, 0.25) is 0 Å². The van der Waals surface area contributed by atoms with Gasteiger partial charge in [-0.05, 0) is 0 Å². The molecule has 0 bridgehead atoms. The van der Waals surface area contributed by atoms with Gasteiger partial charge in [-0.1, -0.05) is 0 Å². The third-order valence-electron chi connectivity index (χ3n) is 1.08. The Balaban J connectivity index is 2.95. The van der Waals surface area contributed by atoms with Crippen molar-refractivity contribution in [1.82, 2.24) is 7.96 Å². The molecule has 2 rings (SSSR count). The third kappa shape index (κ3) is 0.784. The molecular formula is C6H3N2Se. The van der Waals surface area contributed by atoms with E-state index in [1.54, 1.807) is 0 Å². The summed E-state index contributed by atoms with van der Waals surface area (Å²) in [6.07, 6.45) is 0. The summed E-state index contributed by atoms with van der Waals surface area (Å²) in [6, 6.07) is 8.76. The minimum atomic E-state index is 0.0974. The summed E-state index contributed by atoms with van der Waals surface area (Å²) in [7, 11) is 0. The van der Waals surface area contributed by atoms with Crippen LogP contribution in [0, 0.1) is 6.07 Å². The van der Waals surface area contributed by atoms with E-state index >= 15 is 0 Å². The summed E-state index contributed by atoms with van der Waals surface area (Å²) < 4.78 is 8.30. The second kappa shape index (κ2) is 1.94. The van der Waals surface area contributed by atoms with Gasteiger partial charge in [-0.2, -0.15) is 0 Å². The van der Waals surface area contributed by atoms with E-state index in [1.807, 2.05) is 18.2 Å². The molecule has 0 unspecified atom stereocenters. The normalized spacial score (nSPS) is 10.2. The van der Waals surface area contributed by atoms with Crippen molar-refractivity contribution in [3.63, 3.8) is 0 Å². The van der Waals surface area contributed by atoms with Gasteiger partial charge < -0.3 is 0 Å².